The average molecular weight is 444 g/mol. The maximum Gasteiger partial charge on any atom is 0.303 e. The SMILES string of the molecule is Cc1ccc2[nH]c(-c3ccc(-c4ccc(OC5CCC(CC(=O)O)CC5)nc4)nc3)nc2n1. The molecule has 0 aromatic carbocycles. The highest BCUT2D eigenvalue weighted by molar-refractivity contribution is 5.76. The van der Waals surface area contributed by atoms with Crippen LogP contribution in [0.4, 0.5) is 0 Å². The van der Waals surface area contributed by atoms with Gasteiger partial charge in [-0.25, -0.2) is 15.0 Å². The number of aryl methyl sites for hydroxylation is 1. The van der Waals surface area contributed by atoms with Gasteiger partial charge < -0.3 is 14.8 Å². The molecule has 1 saturated carbocycles. The molecule has 0 saturated heterocycles. The van der Waals surface area contributed by atoms with Crippen LogP contribution in [-0.2, 0) is 4.79 Å². The summed E-state index contributed by atoms with van der Waals surface area (Å²) in [5, 5.41) is 8.95. The minimum Gasteiger partial charge on any atom is -0.481 e. The van der Waals surface area contributed by atoms with Crippen LogP contribution in [0.5, 0.6) is 5.88 Å². The van der Waals surface area contributed by atoms with E-state index in [1.165, 1.54) is 0 Å². The zero-order valence-corrected chi connectivity index (χ0v) is 18.4. The summed E-state index contributed by atoms with van der Waals surface area (Å²) in [7, 11) is 0. The van der Waals surface area contributed by atoms with Crippen LogP contribution < -0.4 is 4.74 Å². The van der Waals surface area contributed by atoms with E-state index in [0.717, 1.165) is 59.5 Å². The zero-order chi connectivity index (χ0) is 22.8. The molecule has 0 radical (unpaired) electrons. The number of H-pyrrole nitrogens is 1. The quantitative estimate of drug-likeness (QED) is 0.440. The number of nitrogens with one attached hydrogen (secondary N) is 1. The summed E-state index contributed by atoms with van der Waals surface area (Å²) >= 11 is 0. The normalized spacial score (nSPS) is 18.3. The van der Waals surface area contributed by atoms with Crippen molar-refractivity contribution in [1.29, 1.82) is 0 Å². The summed E-state index contributed by atoms with van der Waals surface area (Å²) in [5.74, 6) is 0.860. The van der Waals surface area contributed by atoms with E-state index in [-0.39, 0.29) is 18.4 Å². The Bertz CT molecular complexity index is 1260. The van der Waals surface area contributed by atoms with Crippen LogP contribution in [0, 0.1) is 12.8 Å². The molecule has 1 aliphatic carbocycles. The molecule has 2 N–H and O–H groups in total. The van der Waals surface area contributed by atoms with Gasteiger partial charge in [-0.1, -0.05) is 0 Å². The molecule has 0 aliphatic heterocycles. The zero-order valence-electron chi connectivity index (χ0n) is 18.4. The van der Waals surface area contributed by atoms with Gasteiger partial charge in [0, 0.05) is 41.7 Å². The van der Waals surface area contributed by atoms with Crippen molar-refractivity contribution in [2.75, 3.05) is 0 Å². The summed E-state index contributed by atoms with van der Waals surface area (Å²) in [6.45, 7) is 1.95. The van der Waals surface area contributed by atoms with E-state index in [9.17, 15) is 4.79 Å². The molecule has 4 aromatic rings. The molecule has 5 rings (SSSR count). The lowest BCUT2D eigenvalue weighted by Crippen LogP contribution is -2.25. The van der Waals surface area contributed by atoms with Crippen LogP contribution in [-0.4, -0.2) is 42.1 Å². The number of hydrogen-bond donors (Lipinski definition) is 2. The number of carboxylic acids is 1. The molecule has 0 spiro atoms. The fourth-order valence-corrected chi connectivity index (χ4v) is 4.30. The number of pyridine rings is 3. The van der Waals surface area contributed by atoms with Crippen molar-refractivity contribution < 1.29 is 14.6 Å². The number of nitrogens with zero attached hydrogens (tertiary/aromatic N) is 4. The van der Waals surface area contributed by atoms with Crippen LogP contribution in [0.15, 0.2) is 48.8 Å². The second-order valence-electron chi connectivity index (χ2n) is 8.58. The number of aromatic amines is 1. The topological polar surface area (TPSA) is 114 Å². The third-order valence-electron chi connectivity index (χ3n) is 6.10. The van der Waals surface area contributed by atoms with Crippen LogP contribution in [0.2, 0.25) is 0 Å². The molecule has 0 bridgehead atoms. The van der Waals surface area contributed by atoms with Crippen molar-refractivity contribution in [2.24, 2.45) is 5.92 Å². The second-order valence-corrected chi connectivity index (χ2v) is 8.58. The third-order valence-corrected chi connectivity index (χ3v) is 6.10. The van der Waals surface area contributed by atoms with Gasteiger partial charge in [-0.2, -0.15) is 0 Å². The highest BCUT2D eigenvalue weighted by atomic mass is 16.5. The number of imidazole rings is 1. The van der Waals surface area contributed by atoms with Gasteiger partial charge in [0.15, 0.2) is 5.65 Å². The Morgan fingerprint density at radius 2 is 1.79 bits per heavy atom. The minimum atomic E-state index is -0.719. The van der Waals surface area contributed by atoms with E-state index in [2.05, 4.69) is 24.9 Å². The van der Waals surface area contributed by atoms with Gasteiger partial charge in [0.05, 0.1) is 11.2 Å². The third kappa shape index (κ3) is 4.84. The number of hydrogen-bond acceptors (Lipinski definition) is 6. The Morgan fingerprint density at radius 1 is 1.00 bits per heavy atom. The first-order valence-electron chi connectivity index (χ1n) is 11.2. The van der Waals surface area contributed by atoms with Crippen molar-refractivity contribution in [1.82, 2.24) is 24.9 Å². The number of fused-ring (bicyclic) bond motifs is 1. The first kappa shape index (κ1) is 21.1. The van der Waals surface area contributed by atoms with E-state index in [1.807, 2.05) is 43.3 Å². The standard InChI is InChI=1S/C25H25N5O3/c1-15-2-9-21-25(28-15)30-24(29-21)18-5-10-20(26-14-18)17-6-11-22(27-13-17)33-19-7-3-16(4-8-19)12-23(31)32/h2,5-6,9-11,13-14,16,19H,3-4,7-8,12H2,1H3,(H,31,32)(H,28,29,30). The first-order valence-corrected chi connectivity index (χ1v) is 11.2. The number of carbonyl (C=O) groups is 1. The van der Waals surface area contributed by atoms with Crippen molar-refractivity contribution in [2.45, 2.75) is 45.1 Å². The first-order chi connectivity index (χ1) is 16.0. The monoisotopic (exact) mass is 443 g/mol. The molecule has 1 aliphatic rings. The van der Waals surface area contributed by atoms with Gasteiger partial charge in [-0.15, -0.1) is 0 Å². The predicted octanol–water partition coefficient (Wildman–Crippen LogP) is 4.80. The number of rotatable bonds is 6. The van der Waals surface area contributed by atoms with Crippen molar-refractivity contribution >= 4 is 17.1 Å². The molecule has 33 heavy (non-hydrogen) atoms. The Kier molecular flexibility index (Phi) is 5.73. The largest absolute Gasteiger partial charge is 0.481 e. The van der Waals surface area contributed by atoms with E-state index < -0.39 is 5.97 Å². The Morgan fingerprint density at radius 3 is 2.48 bits per heavy atom. The summed E-state index contributed by atoms with van der Waals surface area (Å²) < 4.78 is 6.02. The summed E-state index contributed by atoms with van der Waals surface area (Å²) in [6, 6.07) is 11.7. The highest BCUT2D eigenvalue weighted by Gasteiger charge is 2.24. The van der Waals surface area contributed by atoms with E-state index in [0.29, 0.717) is 11.5 Å². The van der Waals surface area contributed by atoms with E-state index in [1.54, 1.807) is 12.4 Å². The molecule has 4 aromatic heterocycles. The molecule has 0 amide bonds. The molecule has 168 valence electrons. The van der Waals surface area contributed by atoms with E-state index in [4.69, 9.17) is 9.84 Å². The lowest BCUT2D eigenvalue weighted by Gasteiger charge is -2.27. The summed E-state index contributed by atoms with van der Waals surface area (Å²) in [4.78, 5) is 32.2. The smallest absolute Gasteiger partial charge is 0.303 e. The molecule has 4 heterocycles. The lowest BCUT2D eigenvalue weighted by molar-refractivity contribution is -0.138. The average Bonchev–Trinajstić information content (AvgIpc) is 3.24. The van der Waals surface area contributed by atoms with Gasteiger partial charge in [0.25, 0.3) is 0 Å². The number of ether oxygens (including phenoxy) is 1. The maximum absolute atomic E-state index is 10.9. The molecule has 8 nitrogen and oxygen atoms in total. The van der Waals surface area contributed by atoms with E-state index >= 15 is 0 Å². The number of aromatic nitrogens is 5. The Hall–Kier alpha value is -3.81. The second kappa shape index (κ2) is 8.97. The van der Waals surface area contributed by atoms with Crippen molar-refractivity contribution in [3.8, 4) is 28.5 Å². The van der Waals surface area contributed by atoms with Crippen LogP contribution in [0.25, 0.3) is 33.8 Å². The number of aliphatic carboxylic acids is 1. The predicted molar refractivity (Wildman–Crippen MR) is 124 cm³/mol. The van der Waals surface area contributed by atoms with Gasteiger partial charge >= 0.3 is 5.97 Å². The lowest BCUT2D eigenvalue weighted by atomic mass is 9.85. The molecular weight excluding hydrogens is 418 g/mol. The molecule has 0 atom stereocenters. The Labute approximate surface area is 191 Å². The minimum absolute atomic E-state index is 0.0906. The van der Waals surface area contributed by atoms with Gasteiger partial charge in [-0.05, 0) is 68.9 Å². The van der Waals surface area contributed by atoms with Crippen LogP contribution in [0.1, 0.15) is 37.8 Å². The molecule has 1 fully saturated rings. The highest BCUT2D eigenvalue weighted by Crippen LogP contribution is 2.30. The van der Waals surface area contributed by atoms with Crippen molar-refractivity contribution in [3.63, 3.8) is 0 Å². The Balaban J connectivity index is 1.22. The summed E-state index contributed by atoms with van der Waals surface area (Å²) in [5.41, 5.74) is 5.14. The van der Waals surface area contributed by atoms with Gasteiger partial charge in [0.2, 0.25) is 5.88 Å². The van der Waals surface area contributed by atoms with Crippen molar-refractivity contribution in [3.05, 3.63) is 54.5 Å². The molecule has 8 heteroatoms. The van der Waals surface area contributed by atoms with Crippen LogP contribution >= 0.6 is 0 Å². The molecular formula is C25H25N5O3. The maximum atomic E-state index is 10.9. The van der Waals surface area contributed by atoms with Gasteiger partial charge in [0.1, 0.15) is 11.9 Å². The molecule has 0 unspecified atom stereocenters. The summed E-state index contributed by atoms with van der Waals surface area (Å²) in [6.07, 6.45) is 7.38. The van der Waals surface area contributed by atoms with Gasteiger partial charge in [-0.3, -0.25) is 9.78 Å². The number of carboxylic acid groups (broad SMARTS) is 1. The van der Waals surface area contributed by atoms with Crippen LogP contribution in [0.3, 0.4) is 0 Å². The fraction of sp³-hybridized carbons (Fsp3) is 0.320. The fourth-order valence-electron chi connectivity index (χ4n) is 4.30.